The van der Waals surface area contributed by atoms with E-state index in [1.165, 1.54) is 64.7 Å². The van der Waals surface area contributed by atoms with Crippen molar-refractivity contribution in [1.29, 1.82) is 0 Å². The van der Waals surface area contributed by atoms with E-state index >= 15 is 0 Å². The Bertz CT molecular complexity index is 168. The lowest BCUT2D eigenvalue weighted by molar-refractivity contribution is 0.185. The normalized spacial score (nSPS) is 19.4. The van der Waals surface area contributed by atoms with Gasteiger partial charge in [-0.2, -0.15) is 0 Å². The second-order valence-electron chi connectivity index (χ2n) is 6.38. The number of nitrogens with zero attached hydrogens (tertiary/aromatic N) is 2. The number of piperidine rings is 2. The zero-order valence-corrected chi connectivity index (χ0v) is 17.1. The summed E-state index contributed by atoms with van der Waals surface area (Å²) >= 11 is 0. The predicted molar refractivity (Wildman–Crippen MR) is 104 cm³/mol. The second kappa shape index (κ2) is 17.3. The van der Waals surface area contributed by atoms with E-state index in [2.05, 4.69) is 37.5 Å². The van der Waals surface area contributed by atoms with E-state index in [1.54, 1.807) is 0 Å². The molecule has 2 heterocycles. The largest absolute Gasteiger partial charge is 0.301 e. The molecule has 2 fully saturated rings. The van der Waals surface area contributed by atoms with Crippen molar-refractivity contribution in [2.75, 3.05) is 26.2 Å². The van der Waals surface area contributed by atoms with Crippen LogP contribution in [-0.4, -0.2) is 48.1 Å². The molecule has 2 saturated heterocycles. The molecule has 0 saturated carbocycles. The van der Waals surface area contributed by atoms with Gasteiger partial charge in [-0.25, -0.2) is 0 Å². The maximum Gasteiger partial charge on any atom is 0.00385 e. The highest BCUT2D eigenvalue weighted by Gasteiger charge is 2.12. The molecule has 0 amide bonds. The van der Waals surface area contributed by atoms with Crippen molar-refractivity contribution in [3.8, 4) is 0 Å². The summed E-state index contributed by atoms with van der Waals surface area (Å²) in [7, 11) is 0. The monoisotopic (exact) mass is 314 g/mol. The molecule has 22 heavy (non-hydrogen) atoms. The summed E-state index contributed by atoms with van der Waals surface area (Å²) in [6.45, 7) is 22.5. The van der Waals surface area contributed by atoms with E-state index in [4.69, 9.17) is 0 Å². The Balaban J connectivity index is 0. The zero-order chi connectivity index (χ0) is 17.4. The molecule has 0 spiro atoms. The average molecular weight is 315 g/mol. The van der Waals surface area contributed by atoms with E-state index in [9.17, 15) is 0 Å². The molecule has 2 aliphatic heterocycles. The Hall–Kier alpha value is -0.0800. The summed E-state index contributed by atoms with van der Waals surface area (Å²) in [4.78, 5) is 5.12. The molecular formula is C20H46N2. The van der Waals surface area contributed by atoms with Gasteiger partial charge in [0.15, 0.2) is 0 Å². The van der Waals surface area contributed by atoms with Crippen molar-refractivity contribution in [2.45, 2.75) is 106 Å². The highest BCUT2D eigenvalue weighted by molar-refractivity contribution is 4.67. The van der Waals surface area contributed by atoms with Crippen LogP contribution in [0.1, 0.15) is 93.9 Å². The Morgan fingerprint density at radius 2 is 0.682 bits per heavy atom. The standard InChI is InChI=1S/2C8H17N.2C2H6/c2*1-8(2)9-6-4-3-5-7-9;2*1-2/h2*8H,3-7H2,1-2H3;2*1-2H3. The SMILES string of the molecule is CC.CC.CC(C)N1CCCCC1.CC(C)N1CCCCC1. The molecule has 0 aromatic rings. The molecule has 0 bridgehead atoms. The van der Waals surface area contributed by atoms with Crippen molar-refractivity contribution < 1.29 is 0 Å². The molecule has 0 aromatic carbocycles. The summed E-state index contributed by atoms with van der Waals surface area (Å²) in [5.41, 5.74) is 0. The quantitative estimate of drug-likeness (QED) is 0.634. The minimum Gasteiger partial charge on any atom is -0.301 e. The summed E-state index contributed by atoms with van der Waals surface area (Å²) in [5.74, 6) is 0. The van der Waals surface area contributed by atoms with Gasteiger partial charge in [0.05, 0.1) is 0 Å². The van der Waals surface area contributed by atoms with Crippen molar-refractivity contribution in [2.24, 2.45) is 0 Å². The fourth-order valence-corrected chi connectivity index (χ4v) is 2.87. The van der Waals surface area contributed by atoms with E-state index in [0.29, 0.717) is 0 Å². The molecule has 0 aliphatic carbocycles. The lowest BCUT2D eigenvalue weighted by atomic mass is 10.1. The van der Waals surface area contributed by atoms with E-state index in [1.807, 2.05) is 27.7 Å². The predicted octanol–water partition coefficient (Wildman–Crippen LogP) is 5.81. The molecule has 0 N–H and O–H groups in total. The number of hydrogen-bond donors (Lipinski definition) is 0. The Kier molecular flexibility index (Phi) is 19.0. The van der Waals surface area contributed by atoms with Crippen LogP contribution >= 0.6 is 0 Å². The van der Waals surface area contributed by atoms with Crippen LogP contribution in [0, 0.1) is 0 Å². The molecular weight excluding hydrogens is 268 g/mol. The maximum atomic E-state index is 2.56. The van der Waals surface area contributed by atoms with Crippen LogP contribution in [0.4, 0.5) is 0 Å². The fraction of sp³-hybridized carbons (Fsp3) is 1.00. The van der Waals surface area contributed by atoms with E-state index < -0.39 is 0 Å². The van der Waals surface area contributed by atoms with Crippen LogP contribution in [0.15, 0.2) is 0 Å². The topological polar surface area (TPSA) is 6.48 Å². The van der Waals surface area contributed by atoms with Crippen molar-refractivity contribution in [3.05, 3.63) is 0 Å². The first-order valence-electron chi connectivity index (χ1n) is 10.1. The van der Waals surface area contributed by atoms with E-state index in [0.717, 1.165) is 12.1 Å². The number of hydrogen-bond acceptors (Lipinski definition) is 2. The maximum absolute atomic E-state index is 2.56. The highest BCUT2D eigenvalue weighted by atomic mass is 15.1. The van der Waals surface area contributed by atoms with Gasteiger partial charge in [-0.15, -0.1) is 0 Å². The summed E-state index contributed by atoms with van der Waals surface area (Å²) in [6.07, 6.45) is 8.55. The van der Waals surface area contributed by atoms with Gasteiger partial charge in [-0.1, -0.05) is 40.5 Å². The van der Waals surface area contributed by atoms with Gasteiger partial charge in [0.1, 0.15) is 0 Å². The molecule has 2 rings (SSSR count). The minimum absolute atomic E-state index is 0.769. The van der Waals surface area contributed by atoms with Gasteiger partial charge in [-0.3, -0.25) is 0 Å². The molecule has 0 aromatic heterocycles. The van der Waals surface area contributed by atoms with Crippen molar-refractivity contribution >= 4 is 0 Å². The van der Waals surface area contributed by atoms with Crippen LogP contribution in [0.3, 0.4) is 0 Å². The zero-order valence-electron chi connectivity index (χ0n) is 17.1. The van der Waals surface area contributed by atoms with Gasteiger partial charge >= 0.3 is 0 Å². The smallest absolute Gasteiger partial charge is 0.00385 e. The van der Waals surface area contributed by atoms with Crippen LogP contribution < -0.4 is 0 Å². The van der Waals surface area contributed by atoms with Gasteiger partial charge in [0, 0.05) is 12.1 Å². The third kappa shape index (κ3) is 12.5. The lowest BCUT2D eigenvalue weighted by Crippen LogP contribution is -2.35. The molecule has 0 atom stereocenters. The molecule has 2 aliphatic rings. The first kappa shape index (κ1) is 24.2. The Labute approximate surface area is 142 Å². The van der Waals surface area contributed by atoms with Gasteiger partial charge in [0.25, 0.3) is 0 Å². The van der Waals surface area contributed by atoms with E-state index in [-0.39, 0.29) is 0 Å². The van der Waals surface area contributed by atoms with Crippen molar-refractivity contribution in [1.82, 2.24) is 9.80 Å². The number of likely N-dealkylation sites (tertiary alicyclic amines) is 2. The third-order valence-electron chi connectivity index (χ3n) is 4.24. The average Bonchev–Trinajstić information content (AvgIpc) is 2.60. The molecule has 0 radical (unpaired) electrons. The van der Waals surface area contributed by atoms with Gasteiger partial charge in [0.2, 0.25) is 0 Å². The summed E-state index contributed by atoms with van der Waals surface area (Å²) in [5, 5.41) is 0. The summed E-state index contributed by atoms with van der Waals surface area (Å²) in [6, 6.07) is 1.54. The first-order chi connectivity index (χ1) is 10.6. The second-order valence-corrected chi connectivity index (χ2v) is 6.38. The Morgan fingerprint density at radius 3 is 0.818 bits per heavy atom. The van der Waals surface area contributed by atoms with Crippen LogP contribution in [0.5, 0.6) is 0 Å². The Morgan fingerprint density at radius 1 is 0.455 bits per heavy atom. The van der Waals surface area contributed by atoms with Crippen molar-refractivity contribution in [3.63, 3.8) is 0 Å². The van der Waals surface area contributed by atoms with Crippen LogP contribution in [-0.2, 0) is 0 Å². The molecule has 0 unspecified atom stereocenters. The highest BCUT2D eigenvalue weighted by Crippen LogP contribution is 2.11. The summed E-state index contributed by atoms with van der Waals surface area (Å²) < 4.78 is 0. The molecule has 136 valence electrons. The van der Waals surface area contributed by atoms with Crippen LogP contribution in [0.25, 0.3) is 0 Å². The lowest BCUT2D eigenvalue weighted by Gasteiger charge is -2.29. The third-order valence-corrected chi connectivity index (χ3v) is 4.24. The van der Waals surface area contributed by atoms with Gasteiger partial charge in [-0.05, 0) is 79.6 Å². The molecule has 2 nitrogen and oxygen atoms in total. The first-order valence-corrected chi connectivity index (χ1v) is 10.1. The minimum atomic E-state index is 0.769. The van der Waals surface area contributed by atoms with Gasteiger partial charge < -0.3 is 9.80 Å². The molecule has 2 heteroatoms. The van der Waals surface area contributed by atoms with Crippen LogP contribution in [0.2, 0.25) is 0 Å². The number of rotatable bonds is 2. The fourth-order valence-electron chi connectivity index (χ4n) is 2.87.